The van der Waals surface area contributed by atoms with Crippen LogP contribution in [0.25, 0.3) is 0 Å². The quantitative estimate of drug-likeness (QED) is 0.591. The molecule has 2 aliphatic rings. The van der Waals surface area contributed by atoms with Crippen molar-refractivity contribution < 1.29 is 21.2 Å². The molecule has 22 heavy (non-hydrogen) atoms. The van der Waals surface area contributed by atoms with Gasteiger partial charge in [-0.15, -0.1) is 0 Å². The minimum absolute atomic E-state index is 1.00. The van der Waals surface area contributed by atoms with Crippen molar-refractivity contribution in [1.82, 2.24) is 0 Å². The molecule has 0 aromatic heterocycles. The van der Waals surface area contributed by atoms with Crippen molar-refractivity contribution in [3.63, 3.8) is 0 Å². The van der Waals surface area contributed by atoms with Crippen LogP contribution in [0.5, 0.6) is 0 Å². The Hall–Kier alpha value is 0.668. The van der Waals surface area contributed by atoms with Gasteiger partial charge in [0.15, 0.2) is 0 Å². The Kier molecular flexibility index (Phi) is 7.25. The molecular weight excluding hydrogens is 348 g/mol. The molecule has 0 N–H and O–H groups in total. The molecule has 132 valence electrons. The third-order valence-electron chi connectivity index (χ3n) is 3.04. The first kappa shape index (κ1) is 20.7. The molecule has 0 atom stereocenters. The average Bonchev–Trinajstić information content (AvgIpc) is 2.23. The maximum atomic E-state index is 6.16. The Morgan fingerprint density at radius 3 is 0.864 bits per heavy atom. The highest BCUT2D eigenvalue weighted by Gasteiger charge is 2.50. The number of ether oxygens (including phenoxy) is 1. The maximum absolute atomic E-state index is 6.16. The first-order valence-electron chi connectivity index (χ1n) is 8.21. The Morgan fingerprint density at radius 1 is 0.455 bits per heavy atom. The predicted octanol–water partition coefficient (Wildman–Crippen LogP) is 4.06. The van der Waals surface area contributed by atoms with E-state index in [1.807, 2.05) is 0 Å². The summed E-state index contributed by atoms with van der Waals surface area (Å²) in [6, 6.07) is 0. The number of hydrogen-bond donors (Lipinski definition) is 0. The molecule has 0 amide bonds. The van der Waals surface area contributed by atoms with E-state index in [4.69, 9.17) is 21.2 Å². The molecule has 2 fully saturated rings. The third-order valence-corrected chi connectivity index (χ3v) is 18.8. The van der Waals surface area contributed by atoms with Gasteiger partial charge in [-0.05, 0) is 71.6 Å². The fraction of sp³-hybridized carbons (Fsp3) is 1.00. The highest BCUT2D eigenvalue weighted by atomic mass is 28.5. The Bertz CT molecular complexity index is 273. The SMILES string of the molecule is C1CCOCC1.C[Si]1(C)O[Si](C)(C)O[Si](C)(C)O[Si](C)(C)O1. The summed E-state index contributed by atoms with van der Waals surface area (Å²) in [7, 11) is -8.44. The maximum Gasteiger partial charge on any atom is 0.314 e. The average molecular weight is 383 g/mol. The van der Waals surface area contributed by atoms with E-state index in [-0.39, 0.29) is 0 Å². The highest BCUT2D eigenvalue weighted by Crippen LogP contribution is 2.30. The van der Waals surface area contributed by atoms with E-state index in [0.717, 1.165) is 13.2 Å². The van der Waals surface area contributed by atoms with Crippen molar-refractivity contribution in [2.75, 3.05) is 13.2 Å². The van der Waals surface area contributed by atoms with Crippen molar-refractivity contribution in [2.24, 2.45) is 0 Å². The molecule has 0 aliphatic carbocycles. The molecule has 0 radical (unpaired) electrons. The second kappa shape index (κ2) is 7.70. The van der Waals surface area contributed by atoms with Gasteiger partial charge in [-0.2, -0.15) is 0 Å². The zero-order chi connectivity index (χ0) is 17.1. The lowest BCUT2D eigenvalue weighted by Gasteiger charge is -2.46. The van der Waals surface area contributed by atoms with Crippen LogP contribution in [0.4, 0.5) is 0 Å². The van der Waals surface area contributed by atoms with Crippen LogP contribution in [0.1, 0.15) is 19.3 Å². The molecule has 0 unspecified atom stereocenters. The van der Waals surface area contributed by atoms with E-state index in [1.165, 1.54) is 19.3 Å². The summed E-state index contributed by atoms with van der Waals surface area (Å²) in [5.74, 6) is 0. The number of hydrogen-bond acceptors (Lipinski definition) is 5. The van der Waals surface area contributed by atoms with Crippen molar-refractivity contribution in [3.8, 4) is 0 Å². The summed E-state index contributed by atoms with van der Waals surface area (Å²) >= 11 is 0. The van der Waals surface area contributed by atoms with Crippen molar-refractivity contribution >= 4 is 34.2 Å². The zero-order valence-corrected chi connectivity index (χ0v) is 19.6. The van der Waals surface area contributed by atoms with Gasteiger partial charge in [0.2, 0.25) is 0 Å². The second-order valence-electron chi connectivity index (χ2n) is 7.68. The van der Waals surface area contributed by atoms with Crippen LogP contribution in [0.2, 0.25) is 52.4 Å². The van der Waals surface area contributed by atoms with E-state index in [1.54, 1.807) is 0 Å². The van der Waals surface area contributed by atoms with Gasteiger partial charge in [0.1, 0.15) is 0 Å². The van der Waals surface area contributed by atoms with Crippen molar-refractivity contribution in [3.05, 3.63) is 0 Å². The van der Waals surface area contributed by atoms with Crippen LogP contribution >= 0.6 is 0 Å². The van der Waals surface area contributed by atoms with Crippen LogP contribution in [0.3, 0.4) is 0 Å². The predicted molar refractivity (Wildman–Crippen MR) is 98.9 cm³/mol. The van der Waals surface area contributed by atoms with E-state index in [9.17, 15) is 0 Å². The van der Waals surface area contributed by atoms with Gasteiger partial charge in [0.25, 0.3) is 0 Å². The normalized spacial score (nSPS) is 29.5. The van der Waals surface area contributed by atoms with Crippen molar-refractivity contribution in [1.29, 1.82) is 0 Å². The smallest absolute Gasteiger partial charge is 0.314 e. The van der Waals surface area contributed by atoms with E-state index in [2.05, 4.69) is 52.4 Å². The van der Waals surface area contributed by atoms with Gasteiger partial charge in [-0.3, -0.25) is 0 Å². The van der Waals surface area contributed by atoms with Gasteiger partial charge in [-0.1, -0.05) is 0 Å². The molecule has 5 nitrogen and oxygen atoms in total. The summed E-state index contributed by atoms with van der Waals surface area (Å²) < 4.78 is 29.7. The lowest BCUT2D eigenvalue weighted by Crippen LogP contribution is -2.64. The summed E-state index contributed by atoms with van der Waals surface area (Å²) in [6.07, 6.45) is 3.93. The lowest BCUT2D eigenvalue weighted by molar-refractivity contribution is 0.0968. The van der Waals surface area contributed by atoms with Gasteiger partial charge in [-0.25, -0.2) is 0 Å². The van der Waals surface area contributed by atoms with E-state index < -0.39 is 34.2 Å². The summed E-state index contributed by atoms with van der Waals surface area (Å²) in [5, 5.41) is 0. The first-order chi connectivity index (χ1) is 9.83. The highest BCUT2D eigenvalue weighted by molar-refractivity contribution is 6.92. The van der Waals surface area contributed by atoms with Crippen LogP contribution in [0.15, 0.2) is 0 Å². The van der Waals surface area contributed by atoms with Crippen molar-refractivity contribution in [2.45, 2.75) is 71.6 Å². The molecular formula is C13H34O5Si4. The Morgan fingerprint density at radius 2 is 0.727 bits per heavy atom. The molecule has 0 spiro atoms. The van der Waals surface area contributed by atoms with Gasteiger partial charge >= 0.3 is 34.2 Å². The fourth-order valence-corrected chi connectivity index (χ4v) is 24.2. The molecule has 0 saturated carbocycles. The minimum Gasteiger partial charge on any atom is -0.416 e. The third kappa shape index (κ3) is 8.50. The van der Waals surface area contributed by atoms with Crippen LogP contribution in [-0.2, 0) is 21.2 Å². The fourth-order valence-electron chi connectivity index (χ4n) is 3.14. The monoisotopic (exact) mass is 382 g/mol. The Balaban J connectivity index is 0.000000335. The summed E-state index contributed by atoms with van der Waals surface area (Å²) in [6.45, 7) is 18.6. The van der Waals surface area contributed by atoms with Crippen LogP contribution < -0.4 is 0 Å². The molecule has 0 bridgehead atoms. The zero-order valence-electron chi connectivity index (χ0n) is 15.6. The molecule has 2 saturated heterocycles. The Labute approximate surface area is 140 Å². The molecule has 2 rings (SSSR count). The topological polar surface area (TPSA) is 46.2 Å². The van der Waals surface area contributed by atoms with E-state index in [0.29, 0.717) is 0 Å². The summed E-state index contributed by atoms with van der Waals surface area (Å²) in [4.78, 5) is 0. The van der Waals surface area contributed by atoms with Crippen LogP contribution in [-0.4, -0.2) is 47.5 Å². The lowest BCUT2D eigenvalue weighted by atomic mass is 10.2. The second-order valence-corrected chi connectivity index (χ2v) is 22.1. The molecule has 2 heterocycles. The van der Waals surface area contributed by atoms with Gasteiger partial charge in [0.05, 0.1) is 0 Å². The summed E-state index contributed by atoms with van der Waals surface area (Å²) in [5.41, 5.74) is 0. The largest absolute Gasteiger partial charge is 0.416 e. The molecule has 0 aromatic carbocycles. The van der Waals surface area contributed by atoms with E-state index >= 15 is 0 Å². The molecule has 0 aromatic rings. The van der Waals surface area contributed by atoms with Crippen LogP contribution in [0, 0.1) is 0 Å². The van der Waals surface area contributed by atoms with Gasteiger partial charge in [0, 0.05) is 13.2 Å². The standard InChI is InChI=1S/C8H24O4Si4.C5H10O/c1-13(2)9-14(3,4)11-16(7,8)12-15(5,6)10-13;1-2-4-6-5-3-1/h1-8H3;1-5H2. The first-order valence-corrected chi connectivity index (χ1v) is 19.5. The molecule has 9 heteroatoms. The number of rotatable bonds is 0. The minimum atomic E-state index is -2.11. The van der Waals surface area contributed by atoms with Gasteiger partial charge < -0.3 is 21.2 Å². The molecule has 2 aliphatic heterocycles.